The smallest absolute Gasteiger partial charge is 0.0715 e. The highest BCUT2D eigenvalue weighted by Crippen LogP contribution is 2.40. The van der Waals surface area contributed by atoms with Gasteiger partial charge in [-0.3, -0.25) is 0 Å². The molecule has 72 heavy (non-hydrogen) atoms. The van der Waals surface area contributed by atoms with E-state index in [9.17, 15) is 0 Å². The molecule has 3 aromatic heterocycles. The number of fused-ring (bicyclic) bond motifs is 2. The van der Waals surface area contributed by atoms with Gasteiger partial charge in [0.25, 0.3) is 0 Å². The maximum Gasteiger partial charge on any atom is 0.0715 e. The molecular formula is C68H48N4. The first-order valence-electron chi connectivity index (χ1n) is 24.6. The van der Waals surface area contributed by atoms with Crippen LogP contribution < -0.4 is 5.32 Å². The molecule has 4 heteroatoms. The lowest BCUT2D eigenvalue weighted by atomic mass is 9.93. The summed E-state index contributed by atoms with van der Waals surface area (Å²) >= 11 is 0. The molecule has 9 aromatic carbocycles. The minimum Gasteiger partial charge on any atom is -0.374 e. The molecular weight excluding hydrogens is 873 g/mol. The molecule has 4 heterocycles. The standard InChI is InChI=1S/C68H48N4/c1-7-19-49(20-8-1)61-39-55(40-62(69-61)50-21-9-2-10-22-50)47-31-35-59(36-32-47)71-65(53-27-15-5-16-28-53)43-57-46-68-58(45-67(57)71)44-66(54-29-17-6-18-30-54)72(68)60-37-33-48(34-38-60)56-41-63(51-23-11-3-12-24-51)70-64(42-56)52-25-13-4-14-26-52/h1-46,61,69H. The molecule has 12 aromatic rings. The van der Waals surface area contributed by atoms with Crippen molar-refractivity contribution in [3.05, 3.63) is 296 Å². The van der Waals surface area contributed by atoms with Gasteiger partial charge < -0.3 is 14.5 Å². The Morgan fingerprint density at radius 1 is 0.333 bits per heavy atom. The molecule has 0 spiro atoms. The molecule has 0 saturated heterocycles. The Labute approximate surface area is 419 Å². The number of aromatic nitrogens is 3. The fraction of sp³-hybridized carbons (Fsp3) is 0.0147. The van der Waals surface area contributed by atoms with Crippen molar-refractivity contribution in [2.75, 3.05) is 0 Å². The second-order valence-electron chi connectivity index (χ2n) is 18.5. The molecule has 0 fully saturated rings. The summed E-state index contributed by atoms with van der Waals surface area (Å²) in [6.07, 6.45) is 4.63. The van der Waals surface area contributed by atoms with Crippen LogP contribution in [0, 0.1) is 0 Å². The first kappa shape index (κ1) is 42.6. The van der Waals surface area contributed by atoms with Gasteiger partial charge >= 0.3 is 0 Å². The zero-order valence-electron chi connectivity index (χ0n) is 39.5. The van der Waals surface area contributed by atoms with Gasteiger partial charge in [0.2, 0.25) is 0 Å². The Bertz CT molecular complexity index is 3870. The van der Waals surface area contributed by atoms with Crippen molar-refractivity contribution in [1.29, 1.82) is 0 Å². The largest absolute Gasteiger partial charge is 0.374 e. The predicted octanol–water partition coefficient (Wildman–Crippen LogP) is 17.1. The summed E-state index contributed by atoms with van der Waals surface area (Å²) in [5.41, 5.74) is 21.3. The van der Waals surface area contributed by atoms with Crippen LogP contribution in [0.25, 0.3) is 101 Å². The lowest BCUT2D eigenvalue weighted by Gasteiger charge is -2.26. The van der Waals surface area contributed by atoms with E-state index in [0.717, 1.165) is 84.3 Å². The molecule has 1 N–H and O–H groups in total. The monoisotopic (exact) mass is 920 g/mol. The molecule has 0 saturated carbocycles. The third kappa shape index (κ3) is 8.11. The fourth-order valence-corrected chi connectivity index (χ4v) is 10.4. The number of hydrogen-bond acceptors (Lipinski definition) is 2. The second kappa shape index (κ2) is 18.4. The Kier molecular flexibility index (Phi) is 10.9. The Morgan fingerprint density at radius 2 is 0.736 bits per heavy atom. The third-order valence-electron chi connectivity index (χ3n) is 13.9. The molecule has 1 unspecified atom stereocenters. The van der Waals surface area contributed by atoms with Crippen molar-refractivity contribution in [2.45, 2.75) is 6.04 Å². The number of pyridine rings is 1. The fourth-order valence-electron chi connectivity index (χ4n) is 10.4. The molecule has 1 aliphatic rings. The molecule has 340 valence electrons. The van der Waals surface area contributed by atoms with E-state index in [4.69, 9.17) is 4.98 Å². The van der Waals surface area contributed by atoms with Crippen LogP contribution in [0.4, 0.5) is 0 Å². The minimum atomic E-state index is 0.0373. The van der Waals surface area contributed by atoms with E-state index in [0.29, 0.717) is 0 Å². The summed E-state index contributed by atoms with van der Waals surface area (Å²) in [6, 6.07) is 95.8. The lowest BCUT2D eigenvalue weighted by molar-refractivity contribution is 0.767. The maximum absolute atomic E-state index is 5.14. The molecule has 0 aliphatic carbocycles. The van der Waals surface area contributed by atoms with E-state index >= 15 is 0 Å². The first-order chi connectivity index (χ1) is 35.7. The molecule has 0 amide bonds. The summed E-state index contributed by atoms with van der Waals surface area (Å²) in [4.78, 5) is 5.14. The lowest BCUT2D eigenvalue weighted by Crippen LogP contribution is -2.21. The predicted molar refractivity (Wildman–Crippen MR) is 300 cm³/mol. The van der Waals surface area contributed by atoms with Gasteiger partial charge in [0.1, 0.15) is 0 Å². The summed E-state index contributed by atoms with van der Waals surface area (Å²) in [6.45, 7) is 0. The molecule has 4 nitrogen and oxygen atoms in total. The number of nitrogens with one attached hydrogen (secondary N) is 1. The highest BCUT2D eigenvalue weighted by atomic mass is 15.0. The van der Waals surface area contributed by atoms with Gasteiger partial charge in [0.05, 0.1) is 39.9 Å². The third-order valence-corrected chi connectivity index (χ3v) is 13.9. The zero-order chi connectivity index (χ0) is 47.8. The molecule has 1 atom stereocenters. The van der Waals surface area contributed by atoms with Crippen LogP contribution in [0.15, 0.2) is 279 Å². The highest BCUT2D eigenvalue weighted by molar-refractivity contribution is 6.02. The molecule has 1 aliphatic heterocycles. The van der Waals surface area contributed by atoms with Crippen molar-refractivity contribution in [1.82, 2.24) is 19.4 Å². The van der Waals surface area contributed by atoms with Crippen LogP contribution in [-0.4, -0.2) is 14.1 Å². The van der Waals surface area contributed by atoms with E-state index in [1.807, 2.05) is 12.1 Å². The van der Waals surface area contributed by atoms with E-state index < -0.39 is 0 Å². The van der Waals surface area contributed by atoms with Crippen molar-refractivity contribution >= 4 is 33.1 Å². The summed E-state index contributed by atoms with van der Waals surface area (Å²) in [5, 5.41) is 6.14. The molecule has 0 bridgehead atoms. The number of dihydropyridines is 1. The van der Waals surface area contributed by atoms with Gasteiger partial charge in [-0.15, -0.1) is 0 Å². The SMILES string of the molecule is C1=C(c2ccc(-n3c(-c4ccccc4)cc4cc5c(cc(-c6ccccc6)n5-c5ccc(-c6cc(-c7ccccc7)nc(-c7ccccc7)c6)cc5)cc43)cc2)C=C(c2ccccc2)NC1c1ccccc1. The van der Waals surface area contributed by atoms with Crippen molar-refractivity contribution < 1.29 is 0 Å². The maximum atomic E-state index is 5.14. The van der Waals surface area contributed by atoms with Crippen LogP contribution in [-0.2, 0) is 0 Å². The van der Waals surface area contributed by atoms with Crippen LogP contribution in [0.3, 0.4) is 0 Å². The van der Waals surface area contributed by atoms with Gasteiger partial charge in [-0.05, 0) is 117 Å². The number of allylic oxidation sites excluding steroid dienone is 2. The van der Waals surface area contributed by atoms with Crippen LogP contribution >= 0.6 is 0 Å². The average molecular weight is 921 g/mol. The Balaban J connectivity index is 0.924. The molecule has 0 radical (unpaired) electrons. The van der Waals surface area contributed by atoms with E-state index in [1.165, 1.54) is 33.0 Å². The number of nitrogens with zero attached hydrogens (tertiary/aromatic N) is 3. The normalized spacial score (nSPS) is 13.4. The average Bonchev–Trinajstić information content (AvgIpc) is 4.04. The van der Waals surface area contributed by atoms with Crippen LogP contribution in [0.2, 0.25) is 0 Å². The van der Waals surface area contributed by atoms with Gasteiger partial charge in [0, 0.05) is 39.0 Å². The van der Waals surface area contributed by atoms with E-state index in [2.05, 4.69) is 281 Å². The van der Waals surface area contributed by atoms with Gasteiger partial charge in [-0.2, -0.15) is 0 Å². The minimum absolute atomic E-state index is 0.0373. The van der Waals surface area contributed by atoms with Crippen molar-refractivity contribution in [3.8, 4) is 67.5 Å². The Hall–Kier alpha value is -9.51. The molecule has 13 rings (SSSR count). The van der Waals surface area contributed by atoms with E-state index in [1.54, 1.807) is 0 Å². The van der Waals surface area contributed by atoms with Gasteiger partial charge in [-0.25, -0.2) is 4.98 Å². The quantitative estimate of drug-likeness (QED) is 0.148. The highest BCUT2D eigenvalue weighted by Gasteiger charge is 2.21. The second-order valence-corrected chi connectivity index (χ2v) is 18.5. The number of benzene rings is 9. The first-order valence-corrected chi connectivity index (χ1v) is 24.6. The van der Waals surface area contributed by atoms with E-state index in [-0.39, 0.29) is 6.04 Å². The van der Waals surface area contributed by atoms with Gasteiger partial charge in [0.15, 0.2) is 0 Å². The van der Waals surface area contributed by atoms with Gasteiger partial charge in [-0.1, -0.05) is 206 Å². The van der Waals surface area contributed by atoms with Crippen molar-refractivity contribution in [3.63, 3.8) is 0 Å². The summed E-state index contributed by atoms with van der Waals surface area (Å²) in [5.74, 6) is 0. The van der Waals surface area contributed by atoms with Crippen molar-refractivity contribution in [2.24, 2.45) is 0 Å². The summed E-state index contributed by atoms with van der Waals surface area (Å²) in [7, 11) is 0. The number of hydrogen-bond donors (Lipinski definition) is 1. The zero-order valence-corrected chi connectivity index (χ0v) is 39.5. The topological polar surface area (TPSA) is 34.8 Å². The Morgan fingerprint density at radius 3 is 1.19 bits per heavy atom. The van der Waals surface area contributed by atoms with Crippen LogP contribution in [0.5, 0.6) is 0 Å². The summed E-state index contributed by atoms with van der Waals surface area (Å²) < 4.78 is 4.85. The van der Waals surface area contributed by atoms with Crippen LogP contribution in [0.1, 0.15) is 22.7 Å². The number of rotatable bonds is 10.